The Kier molecular flexibility index (Phi) is 6.40. The minimum Gasteiger partial charge on any atom is -0.354 e. The standard InChI is InChI=1S/C20H17FN4O2S/c21-15-8-6-14(7-9-15)12-25-19(27)16-4-1-2-5-17(16)24-20(25)28-13-18(26)23-11-3-10-22/h1-2,4-9H,3,11-13H2,(H,23,26). The van der Waals surface area contributed by atoms with E-state index in [0.29, 0.717) is 16.1 Å². The summed E-state index contributed by atoms with van der Waals surface area (Å²) in [6.45, 7) is 0.499. The van der Waals surface area contributed by atoms with Crippen LogP contribution < -0.4 is 10.9 Å². The zero-order valence-corrected chi connectivity index (χ0v) is 15.7. The Bertz CT molecular complexity index is 1090. The molecule has 0 saturated heterocycles. The zero-order valence-electron chi connectivity index (χ0n) is 14.9. The number of aromatic nitrogens is 2. The Morgan fingerprint density at radius 1 is 1.21 bits per heavy atom. The molecule has 6 nitrogen and oxygen atoms in total. The van der Waals surface area contributed by atoms with Crippen molar-refractivity contribution in [3.8, 4) is 6.07 Å². The van der Waals surface area contributed by atoms with Crippen LogP contribution in [0, 0.1) is 17.1 Å². The van der Waals surface area contributed by atoms with Gasteiger partial charge < -0.3 is 5.32 Å². The molecule has 0 aliphatic rings. The average Bonchev–Trinajstić information content (AvgIpc) is 2.70. The Hall–Kier alpha value is -3.18. The largest absolute Gasteiger partial charge is 0.354 e. The van der Waals surface area contributed by atoms with E-state index in [1.54, 1.807) is 36.4 Å². The zero-order chi connectivity index (χ0) is 19.9. The summed E-state index contributed by atoms with van der Waals surface area (Å²) in [5.41, 5.74) is 1.08. The highest BCUT2D eigenvalue weighted by Crippen LogP contribution is 2.19. The van der Waals surface area contributed by atoms with Gasteiger partial charge in [0.15, 0.2) is 5.16 Å². The number of nitrogens with one attached hydrogen (secondary N) is 1. The lowest BCUT2D eigenvalue weighted by atomic mass is 10.2. The van der Waals surface area contributed by atoms with Crippen LogP contribution >= 0.6 is 11.8 Å². The highest BCUT2D eigenvalue weighted by atomic mass is 32.2. The molecule has 0 spiro atoms. The fourth-order valence-electron chi connectivity index (χ4n) is 2.61. The number of para-hydroxylation sites is 1. The second-order valence-electron chi connectivity index (χ2n) is 5.98. The summed E-state index contributed by atoms with van der Waals surface area (Å²) in [6.07, 6.45) is 0.236. The summed E-state index contributed by atoms with van der Waals surface area (Å²) in [5, 5.41) is 12.1. The smallest absolute Gasteiger partial charge is 0.262 e. The predicted octanol–water partition coefficient (Wildman–Crippen LogP) is 2.71. The second-order valence-corrected chi connectivity index (χ2v) is 6.92. The Morgan fingerprint density at radius 2 is 1.96 bits per heavy atom. The summed E-state index contributed by atoms with van der Waals surface area (Å²) in [5.74, 6) is -0.521. The molecule has 0 unspecified atom stereocenters. The van der Waals surface area contributed by atoms with Crippen molar-refractivity contribution in [1.82, 2.24) is 14.9 Å². The summed E-state index contributed by atoms with van der Waals surface area (Å²) in [4.78, 5) is 29.5. The third kappa shape index (κ3) is 4.75. The fourth-order valence-corrected chi connectivity index (χ4v) is 3.44. The highest BCUT2D eigenvalue weighted by molar-refractivity contribution is 7.99. The number of hydrogen-bond acceptors (Lipinski definition) is 5. The minimum absolute atomic E-state index is 0.0691. The van der Waals surface area contributed by atoms with Gasteiger partial charge in [-0.2, -0.15) is 5.26 Å². The molecule has 0 atom stereocenters. The van der Waals surface area contributed by atoms with E-state index in [1.807, 2.05) is 6.07 Å². The van der Waals surface area contributed by atoms with Crippen LogP contribution in [-0.4, -0.2) is 27.8 Å². The first-order valence-electron chi connectivity index (χ1n) is 8.59. The monoisotopic (exact) mass is 396 g/mol. The van der Waals surface area contributed by atoms with Crippen molar-refractivity contribution >= 4 is 28.6 Å². The van der Waals surface area contributed by atoms with Gasteiger partial charge in [0, 0.05) is 6.54 Å². The number of amides is 1. The summed E-state index contributed by atoms with van der Waals surface area (Å²) in [6, 6.07) is 14.9. The van der Waals surface area contributed by atoms with Crippen LogP contribution in [0.5, 0.6) is 0 Å². The van der Waals surface area contributed by atoms with E-state index >= 15 is 0 Å². The molecule has 0 radical (unpaired) electrons. The van der Waals surface area contributed by atoms with Gasteiger partial charge >= 0.3 is 0 Å². The van der Waals surface area contributed by atoms with Crippen molar-refractivity contribution in [2.24, 2.45) is 0 Å². The van der Waals surface area contributed by atoms with Crippen LogP contribution in [-0.2, 0) is 11.3 Å². The number of halogens is 1. The van der Waals surface area contributed by atoms with Gasteiger partial charge in [-0.15, -0.1) is 0 Å². The molecule has 2 aromatic carbocycles. The molecule has 1 amide bonds. The lowest BCUT2D eigenvalue weighted by Gasteiger charge is -2.13. The van der Waals surface area contributed by atoms with Crippen LogP contribution in [0.4, 0.5) is 4.39 Å². The van der Waals surface area contributed by atoms with E-state index < -0.39 is 0 Å². The maximum atomic E-state index is 13.2. The number of benzene rings is 2. The Labute approximate surface area is 165 Å². The quantitative estimate of drug-likeness (QED) is 0.377. The number of nitrogens with zero attached hydrogens (tertiary/aromatic N) is 3. The van der Waals surface area contributed by atoms with E-state index in [2.05, 4.69) is 10.3 Å². The van der Waals surface area contributed by atoms with Crippen LogP contribution in [0.2, 0.25) is 0 Å². The number of thioether (sulfide) groups is 1. The summed E-state index contributed by atoms with van der Waals surface area (Å²) in [7, 11) is 0. The molecule has 0 fully saturated rings. The van der Waals surface area contributed by atoms with E-state index in [0.717, 1.165) is 17.3 Å². The number of carbonyl (C=O) groups excluding carboxylic acids is 1. The number of hydrogen-bond donors (Lipinski definition) is 1. The lowest BCUT2D eigenvalue weighted by Crippen LogP contribution is -2.27. The van der Waals surface area contributed by atoms with Gasteiger partial charge in [0.25, 0.3) is 5.56 Å². The molecule has 1 heterocycles. The van der Waals surface area contributed by atoms with Gasteiger partial charge in [-0.3, -0.25) is 14.2 Å². The van der Waals surface area contributed by atoms with Crippen LogP contribution in [0.25, 0.3) is 10.9 Å². The Morgan fingerprint density at radius 3 is 2.71 bits per heavy atom. The first kappa shape index (κ1) is 19.6. The summed E-state index contributed by atoms with van der Waals surface area (Å²) < 4.78 is 14.7. The molecule has 1 aromatic heterocycles. The molecule has 0 saturated carbocycles. The van der Waals surface area contributed by atoms with Crippen LogP contribution in [0.1, 0.15) is 12.0 Å². The highest BCUT2D eigenvalue weighted by Gasteiger charge is 2.13. The lowest BCUT2D eigenvalue weighted by molar-refractivity contribution is -0.118. The summed E-state index contributed by atoms with van der Waals surface area (Å²) >= 11 is 1.15. The molecule has 3 aromatic rings. The molecule has 1 N–H and O–H groups in total. The molecule has 0 bridgehead atoms. The molecule has 28 heavy (non-hydrogen) atoms. The first-order chi connectivity index (χ1) is 13.6. The third-order valence-corrected chi connectivity index (χ3v) is 4.95. The fraction of sp³-hybridized carbons (Fsp3) is 0.200. The number of rotatable bonds is 7. The molecule has 142 valence electrons. The Balaban J connectivity index is 1.90. The number of nitriles is 1. The third-order valence-electron chi connectivity index (χ3n) is 3.97. The van der Waals surface area contributed by atoms with Crippen molar-refractivity contribution in [2.75, 3.05) is 12.3 Å². The maximum absolute atomic E-state index is 13.2. The number of carbonyl (C=O) groups is 1. The molecule has 3 rings (SSSR count). The van der Waals surface area contributed by atoms with Crippen molar-refractivity contribution in [3.63, 3.8) is 0 Å². The van der Waals surface area contributed by atoms with E-state index in [1.165, 1.54) is 16.7 Å². The molecule has 8 heteroatoms. The van der Waals surface area contributed by atoms with Gasteiger partial charge in [0.2, 0.25) is 5.91 Å². The minimum atomic E-state index is -0.351. The van der Waals surface area contributed by atoms with E-state index in [-0.39, 0.29) is 42.5 Å². The predicted molar refractivity (Wildman–Crippen MR) is 105 cm³/mol. The van der Waals surface area contributed by atoms with Gasteiger partial charge in [-0.05, 0) is 29.8 Å². The van der Waals surface area contributed by atoms with E-state index in [4.69, 9.17) is 5.26 Å². The van der Waals surface area contributed by atoms with Gasteiger partial charge in [-0.1, -0.05) is 36.0 Å². The number of fused-ring (bicyclic) bond motifs is 1. The SMILES string of the molecule is N#CCCNC(=O)CSc1nc2ccccc2c(=O)n1Cc1ccc(F)cc1. The molecule has 0 aliphatic heterocycles. The van der Waals surface area contributed by atoms with Crippen molar-refractivity contribution in [1.29, 1.82) is 5.26 Å². The molecule has 0 aliphatic carbocycles. The van der Waals surface area contributed by atoms with Crippen molar-refractivity contribution in [3.05, 3.63) is 70.3 Å². The maximum Gasteiger partial charge on any atom is 0.262 e. The van der Waals surface area contributed by atoms with Crippen molar-refractivity contribution < 1.29 is 9.18 Å². The van der Waals surface area contributed by atoms with E-state index in [9.17, 15) is 14.0 Å². The average molecular weight is 396 g/mol. The van der Waals surface area contributed by atoms with Crippen LogP contribution in [0.3, 0.4) is 0 Å². The normalized spacial score (nSPS) is 10.6. The molecular formula is C20H17FN4O2S. The van der Waals surface area contributed by atoms with Gasteiger partial charge in [-0.25, -0.2) is 9.37 Å². The second kappa shape index (κ2) is 9.15. The van der Waals surface area contributed by atoms with Gasteiger partial charge in [0.1, 0.15) is 5.82 Å². The first-order valence-corrected chi connectivity index (χ1v) is 9.57. The van der Waals surface area contributed by atoms with Crippen LogP contribution in [0.15, 0.2) is 58.5 Å². The van der Waals surface area contributed by atoms with Gasteiger partial charge in [0.05, 0.1) is 35.7 Å². The topological polar surface area (TPSA) is 87.8 Å². The van der Waals surface area contributed by atoms with Crippen molar-refractivity contribution in [2.45, 2.75) is 18.1 Å². The molecular weight excluding hydrogens is 379 g/mol.